The van der Waals surface area contributed by atoms with E-state index in [4.69, 9.17) is 5.73 Å². The number of anilines is 1. The number of carbonyl (C=O) groups excluding carboxylic acids is 1. The quantitative estimate of drug-likeness (QED) is 0.839. The standard InChI is InChI=1S/C15H23N3O/c1-11(2)18(14-8-9-17(3)15(14)19)10-12-6-4-5-7-13(12)16/h4-7,11,14H,8-10,16H2,1-3H3. The van der Waals surface area contributed by atoms with Crippen LogP contribution in [0, 0.1) is 0 Å². The van der Waals surface area contributed by atoms with Gasteiger partial charge in [0.25, 0.3) is 0 Å². The van der Waals surface area contributed by atoms with Gasteiger partial charge in [0.05, 0.1) is 6.04 Å². The minimum Gasteiger partial charge on any atom is -0.398 e. The molecule has 0 saturated carbocycles. The molecule has 4 heteroatoms. The summed E-state index contributed by atoms with van der Waals surface area (Å²) >= 11 is 0. The number of nitrogen functional groups attached to an aromatic ring is 1. The predicted octanol–water partition coefficient (Wildman–Crippen LogP) is 1.71. The van der Waals surface area contributed by atoms with Gasteiger partial charge >= 0.3 is 0 Å². The fraction of sp³-hybridized carbons (Fsp3) is 0.533. The highest BCUT2D eigenvalue weighted by Gasteiger charge is 2.35. The molecule has 1 aliphatic rings. The van der Waals surface area contributed by atoms with E-state index in [0.29, 0.717) is 6.04 Å². The zero-order chi connectivity index (χ0) is 14.0. The Balaban J connectivity index is 2.18. The van der Waals surface area contributed by atoms with Crippen molar-refractivity contribution in [2.75, 3.05) is 19.3 Å². The molecular weight excluding hydrogens is 238 g/mol. The van der Waals surface area contributed by atoms with Crippen LogP contribution in [-0.4, -0.2) is 41.4 Å². The first-order valence-corrected chi connectivity index (χ1v) is 6.85. The van der Waals surface area contributed by atoms with Crippen LogP contribution in [0.3, 0.4) is 0 Å². The van der Waals surface area contributed by atoms with Gasteiger partial charge < -0.3 is 10.6 Å². The molecule has 104 valence electrons. The Hall–Kier alpha value is -1.55. The summed E-state index contributed by atoms with van der Waals surface area (Å²) in [5, 5.41) is 0. The van der Waals surface area contributed by atoms with E-state index in [-0.39, 0.29) is 11.9 Å². The lowest BCUT2D eigenvalue weighted by Crippen LogP contribution is -2.44. The molecule has 2 N–H and O–H groups in total. The molecule has 0 radical (unpaired) electrons. The zero-order valence-electron chi connectivity index (χ0n) is 12.0. The van der Waals surface area contributed by atoms with Crippen LogP contribution in [-0.2, 0) is 11.3 Å². The Morgan fingerprint density at radius 2 is 2.11 bits per heavy atom. The summed E-state index contributed by atoms with van der Waals surface area (Å²) in [5.41, 5.74) is 7.90. The number of hydrogen-bond acceptors (Lipinski definition) is 3. The third-order valence-electron chi connectivity index (χ3n) is 3.87. The van der Waals surface area contributed by atoms with Gasteiger partial charge in [-0.3, -0.25) is 9.69 Å². The van der Waals surface area contributed by atoms with E-state index in [9.17, 15) is 4.79 Å². The number of benzene rings is 1. The first-order valence-electron chi connectivity index (χ1n) is 6.85. The van der Waals surface area contributed by atoms with Crippen molar-refractivity contribution in [1.29, 1.82) is 0 Å². The number of likely N-dealkylation sites (tertiary alicyclic amines) is 1. The number of rotatable bonds is 4. The van der Waals surface area contributed by atoms with Crippen LogP contribution in [0.15, 0.2) is 24.3 Å². The van der Waals surface area contributed by atoms with Crippen LogP contribution in [0.25, 0.3) is 0 Å². The molecule has 1 atom stereocenters. The number of hydrogen-bond donors (Lipinski definition) is 1. The maximum atomic E-state index is 12.2. The van der Waals surface area contributed by atoms with Gasteiger partial charge in [0.15, 0.2) is 0 Å². The van der Waals surface area contributed by atoms with Crippen molar-refractivity contribution < 1.29 is 4.79 Å². The predicted molar refractivity (Wildman–Crippen MR) is 77.6 cm³/mol. The summed E-state index contributed by atoms with van der Waals surface area (Å²) in [5.74, 6) is 0.225. The van der Waals surface area contributed by atoms with Crippen LogP contribution >= 0.6 is 0 Å². The maximum absolute atomic E-state index is 12.2. The fourth-order valence-corrected chi connectivity index (χ4v) is 2.64. The SMILES string of the molecule is CC(C)N(Cc1ccccc1N)C1CCN(C)C1=O. The Morgan fingerprint density at radius 3 is 2.63 bits per heavy atom. The van der Waals surface area contributed by atoms with Crippen LogP contribution < -0.4 is 5.73 Å². The van der Waals surface area contributed by atoms with Gasteiger partial charge in [-0.1, -0.05) is 18.2 Å². The lowest BCUT2D eigenvalue weighted by molar-refractivity contribution is -0.131. The highest BCUT2D eigenvalue weighted by atomic mass is 16.2. The van der Waals surface area contributed by atoms with Crippen molar-refractivity contribution in [2.45, 2.75) is 38.9 Å². The molecule has 19 heavy (non-hydrogen) atoms. The van der Waals surface area contributed by atoms with Gasteiger partial charge in [-0.05, 0) is 31.9 Å². The molecule has 1 unspecified atom stereocenters. The molecule has 1 heterocycles. The second-order valence-electron chi connectivity index (χ2n) is 5.53. The van der Waals surface area contributed by atoms with E-state index in [1.807, 2.05) is 36.2 Å². The largest absolute Gasteiger partial charge is 0.398 e. The van der Waals surface area contributed by atoms with Crippen molar-refractivity contribution in [2.24, 2.45) is 0 Å². The highest BCUT2D eigenvalue weighted by Crippen LogP contribution is 2.22. The second-order valence-corrected chi connectivity index (χ2v) is 5.53. The van der Waals surface area contributed by atoms with Gasteiger partial charge in [0.2, 0.25) is 5.91 Å². The molecule has 4 nitrogen and oxygen atoms in total. The molecule has 1 aromatic carbocycles. The summed E-state index contributed by atoms with van der Waals surface area (Å²) in [6.45, 7) is 5.83. The zero-order valence-corrected chi connectivity index (χ0v) is 12.0. The molecule has 0 aliphatic carbocycles. The van der Waals surface area contributed by atoms with E-state index >= 15 is 0 Å². The minimum atomic E-state index is -0.00962. The second kappa shape index (κ2) is 5.61. The third-order valence-corrected chi connectivity index (χ3v) is 3.87. The minimum absolute atomic E-state index is 0.00962. The Kier molecular flexibility index (Phi) is 4.10. The molecule has 1 saturated heterocycles. The average molecular weight is 261 g/mol. The number of nitrogens with two attached hydrogens (primary N) is 1. The molecule has 0 bridgehead atoms. The van der Waals surface area contributed by atoms with Crippen molar-refractivity contribution in [1.82, 2.24) is 9.80 Å². The summed E-state index contributed by atoms with van der Waals surface area (Å²) in [6, 6.07) is 8.19. The van der Waals surface area contributed by atoms with Crippen molar-refractivity contribution in [3.8, 4) is 0 Å². The Morgan fingerprint density at radius 1 is 1.42 bits per heavy atom. The normalized spacial score (nSPS) is 19.7. The van der Waals surface area contributed by atoms with Crippen molar-refractivity contribution >= 4 is 11.6 Å². The molecule has 0 spiro atoms. The smallest absolute Gasteiger partial charge is 0.239 e. The number of carbonyl (C=O) groups is 1. The van der Waals surface area contributed by atoms with Gasteiger partial charge in [-0.2, -0.15) is 0 Å². The lowest BCUT2D eigenvalue weighted by atomic mass is 10.1. The average Bonchev–Trinajstić information content (AvgIpc) is 2.69. The monoisotopic (exact) mass is 261 g/mol. The lowest BCUT2D eigenvalue weighted by Gasteiger charge is -2.31. The Labute approximate surface area is 115 Å². The summed E-state index contributed by atoms with van der Waals surface area (Å²) in [6.07, 6.45) is 0.903. The van der Waals surface area contributed by atoms with Gasteiger partial charge in [0, 0.05) is 31.9 Å². The van der Waals surface area contributed by atoms with E-state index in [0.717, 1.165) is 30.8 Å². The summed E-state index contributed by atoms with van der Waals surface area (Å²) in [7, 11) is 1.87. The fourth-order valence-electron chi connectivity index (χ4n) is 2.64. The molecule has 2 rings (SSSR count). The van der Waals surface area contributed by atoms with E-state index in [2.05, 4.69) is 18.7 Å². The van der Waals surface area contributed by atoms with E-state index < -0.39 is 0 Å². The molecule has 1 amide bonds. The molecule has 0 aromatic heterocycles. The van der Waals surface area contributed by atoms with E-state index in [1.54, 1.807) is 0 Å². The van der Waals surface area contributed by atoms with Crippen molar-refractivity contribution in [3.63, 3.8) is 0 Å². The van der Waals surface area contributed by atoms with E-state index in [1.165, 1.54) is 0 Å². The molecular formula is C15H23N3O. The summed E-state index contributed by atoms with van der Waals surface area (Å²) in [4.78, 5) is 16.2. The highest BCUT2D eigenvalue weighted by molar-refractivity contribution is 5.83. The van der Waals surface area contributed by atoms with Crippen molar-refractivity contribution in [3.05, 3.63) is 29.8 Å². The van der Waals surface area contributed by atoms with Crippen LogP contribution in [0.4, 0.5) is 5.69 Å². The molecule has 1 aromatic rings. The topological polar surface area (TPSA) is 49.6 Å². The first-order chi connectivity index (χ1) is 9.00. The maximum Gasteiger partial charge on any atom is 0.239 e. The number of nitrogens with zero attached hydrogens (tertiary/aromatic N) is 2. The van der Waals surface area contributed by atoms with Crippen LogP contribution in [0.2, 0.25) is 0 Å². The molecule has 1 fully saturated rings. The van der Waals surface area contributed by atoms with Crippen LogP contribution in [0.1, 0.15) is 25.8 Å². The Bertz CT molecular complexity index is 458. The van der Waals surface area contributed by atoms with Gasteiger partial charge in [-0.25, -0.2) is 0 Å². The summed E-state index contributed by atoms with van der Waals surface area (Å²) < 4.78 is 0. The number of amides is 1. The first kappa shape index (κ1) is 13.9. The molecule has 1 aliphatic heterocycles. The van der Waals surface area contributed by atoms with Gasteiger partial charge in [-0.15, -0.1) is 0 Å². The van der Waals surface area contributed by atoms with Crippen LogP contribution in [0.5, 0.6) is 0 Å². The number of likely N-dealkylation sites (N-methyl/N-ethyl adjacent to an activating group) is 1. The number of para-hydroxylation sites is 1. The van der Waals surface area contributed by atoms with Gasteiger partial charge in [0.1, 0.15) is 0 Å². The third kappa shape index (κ3) is 2.89.